The number of carboxylic acid groups (broad SMARTS) is 1. The van der Waals surface area contributed by atoms with Gasteiger partial charge in [0.15, 0.2) is 0 Å². The lowest BCUT2D eigenvalue weighted by atomic mass is 9.85. The molecule has 0 unspecified atom stereocenters. The summed E-state index contributed by atoms with van der Waals surface area (Å²) in [5, 5.41) is 12.0. The molecule has 0 saturated heterocycles. The van der Waals surface area contributed by atoms with Crippen LogP contribution in [0.25, 0.3) is 11.3 Å². The summed E-state index contributed by atoms with van der Waals surface area (Å²) in [5.74, 6) is -0.0433. The highest BCUT2D eigenvalue weighted by atomic mass is 16.4. The Morgan fingerprint density at radius 2 is 2.05 bits per heavy atom. The van der Waals surface area contributed by atoms with Crippen molar-refractivity contribution < 1.29 is 14.7 Å². The molecule has 2 N–H and O–H groups in total. The average molecular weight is 270 g/mol. The van der Waals surface area contributed by atoms with E-state index in [9.17, 15) is 9.59 Å². The molecule has 0 atom stereocenters. The summed E-state index contributed by atoms with van der Waals surface area (Å²) < 4.78 is 1.17. The zero-order valence-corrected chi connectivity index (χ0v) is 11.2. The van der Waals surface area contributed by atoms with Crippen LogP contribution in [0.4, 0.5) is 10.5 Å². The fourth-order valence-corrected chi connectivity index (χ4v) is 2.51. The maximum absolute atomic E-state index is 11.9. The molecule has 20 heavy (non-hydrogen) atoms. The first-order valence-electron chi connectivity index (χ1n) is 6.28. The Morgan fingerprint density at radius 3 is 2.75 bits per heavy atom. The van der Waals surface area contributed by atoms with E-state index in [1.807, 2.05) is 32.0 Å². The van der Waals surface area contributed by atoms with E-state index in [1.54, 1.807) is 12.1 Å². The Bertz CT molecular complexity index is 728. The minimum absolute atomic E-state index is 0.0433. The molecular formula is C15H14N2O3. The molecule has 1 aliphatic heterocycles. The Hall–Kier alpha value is -2.56. The Labute approximate surface area is 115 Å². The quantitative estimate of drug-likeness (QED) is 0.837. The number of aromatic nitrogens is 1. The van der Waals surface area contributed by atoms with E-state index in [0.717, 1.165) is 16.8 Å². The topological polar surface area (TPSA) is 71.3 Å². The van der Waals surface area contributed by atoms with Gasteiger partial charge in [-0.05, 0) is 49.2 Å². The summed E-state index contributed by atoms with van der Waals surface area (Å²) in [6.45, 7) is 3.71. The third-order valence-electron chi connectivity index (χ3n) is 3.76. The van der Waals surface area contributed by atoms with Crippen molar-refractivity contribution in [3.05, 3.63) is 42.1 Å². The highest BCUT2D eigenvalue weighted by molar-refractivity contribution is 6.06. The maximum Gasteiger partial charge on any atom is 0.415 e. The Kier molecular flexibility index (Phi) is 2.47. The number of amides is 1. The first kappa shape index (κ1) is 12.5. The molecule has 0 bridgehead atoms. The second kappa shape index (κ2) is 3.96. The van der Waals surface area contributed by atoms with E-state index in [1.165, 1.54) is 10.8 Å². The van der Waals surface area contributed by atoms with Gasteiger partial charge in [0.05, 0.1) is 11.1 Å². The van der Waals surface area contributed by atoms with Crippen LogP contribution in [0.5, 0.6) is 0 Å². The van der Waals surface area contributed by atoms with E-state index in [2.05, 4.69) is 5.32 Å². The van der Waals surface area contributed by atoms with Crippen LogP contribution >= 0.6 is 0 Å². The molecule has 5 heteroatoms. The monoisotopic (exact) mass is 270 g/mol. The molecule has 1 aliphatic rings. The first-order chi connectivity index (χ1) is 9.41. The highest BCUT2D eigenvalue weighted by Crippen LogP contribution is 2.39. The third kappa shape index (κ3) is 1.63. The van der Waals surface area contributed by atoms with Crippen LogP contribution in [0.3, 0.4) is 0 Å². The van der Waals surface area contributed by atoms with Crippen molar-refractivity contribution in [1.82, 2.24) is 4.57 Å². The molecule has 1 aromatic heterocycles. The van der Waals surface area contributed by atoms with Gasteiger partial charge in [-0.3, -0.25) is 9.36 Å². The van der Waals surface area contributed by atoms with E-state index in [4.69, 9.17) is 5.11 Å². The van der Waals surface area contributed by atoms with E-state index in [-0.39, 0.29) is 5.91 Å². The van der Waals surface area contributed by atoms with E-state index < -0.39 is 11.5 Å². The number of carbonyl (C=O) groups excluding carboxylic acids is 1. The molecule has 0 saturated carbocycles. The number of fused-ring (bicyclic) bond motifs is 1. The first-order valence-corrected chi connectivity index (χ1v) is 6.28. The standard InChI is InChI=1S/C15H14N2O3/c1-15(2)10-8-9(5-6-11(10)16-13(15)18)12-4-3-7-17(12)14(19)20/h3-8H,1-2H3,(H,16,18)(H,19,20). The van der Waals surface area contributed by atoms with Gasteiger partial charge in [0.2, 0.25) is 5.91 Å². The van der Waals surface area contributed by atoms with E-state index >= 15 is 0 Å². The van der Waals surface area contributed by atoms with Crippen molar-refractivity contribution in [2.24, 2.45) is 0 Å². The highest BCUT2D eigenvalue weighted by Gasteiger charge is 2.38. The van der Waals surface area contributed by atoms with E-state index in [0.29, 0.717) is 5.69 Å². The fraction of sp³-hybridized carbons (Fsp3) is 0.200. The molecule has 2 aromatic rings. The van der Waals surface area contributed by atoms with Crippen molar-refractivity contribution >= 4 is 17.7 Å². The van der Waals surface area contributed by atoms with Gasteiger partial charge in [-0.25, -0.2) is 4.79 Å². The molecule has 0 spiro atoms. The lowest BCUT2D eigenvalue weighted by Gasteiger charge is -2.16. The number of anilines is 1. The second-order valence-electron chi connectivity index (χ2n) is 5.39. The average Bonchev–Trinajstić information content (AvgIpc) is 2.95. The molecule has 1 aromatic carbocycles. The molecule has 0 radical (unpaired) electrons. The molecule has 3 rings (SSSR count). The van der Waals surface area contributed by atoms with Gasteiger partial charge in [-0.15, -0.1) is 0 Å². The summed E-state index contributed by atoms with van der Waals surface area (Å²) in [4.78, 5) is 23.1. The van der Waals surface area contributed by atoms with Crippen LogP contribution in [0.2, 0.25) is 0 Å². The predicted molar refractivity (Wildman–Crippen MR) is 74.9 cm³/mol. The lowest BCUT2D eigenvalue weighted by molar-refractivity contribution is -0.119. The number of hydrogen-bond acceptors (Lipinski definition) is 2. The van der Waals surface area contributed by atoms with Crippen LogP contribution in [0.15, 0.2) is 36.5 Å². The fourth-order valence-electron chi connectivity index (χ4n) is 2.51. The van der Waals surface area contributed by atoms with Crippen LogP contribution in [0.1, 0.15) is 19.4 Å². The van der Waals surface area contributed by atoms with Gasteiger partial charge in [-0.1, -0.05) is 6.07 Å². The maximum atomic E-state index is 11.9. The molecule has 0 fully saturated rings. The summed E-state index contributed by atoms with van der Waals surface area (Å²) in [7, 11) is 0. The molecule has 5 nitrogen and oxygen atoms in total. The van der Waals surface area contributed by atoms with Gasteiger partial charge < -0.3 is 10.4 Å². The van der Waals surface area contributed by atoms with Crippen molar-refractivity contribution in [3.8, 4) is 11.3 Å². The van der Waals surface area contributed by atoms with Crippen LogP contribution in [-0.4, -0.2) is 21.7 Å². The molecule has 2 heterocycles. The van der Waals surface area contributed by atoms with Gasteiger partial charge in [0.1, 0.15) is 0 Å². The van der Waals surface area contributed by atoms with Crippen LogP contribution < -0.4 is 5.32 Å². The minimum Gasteiger partial charge on any atom is -0.464 e. The molecular weight excluding hydrogens is 256 g/mol. The normalized spacial score (nSPS) is 15.8. The van der Waals surface area contributed by atoms with Crippen molar-refractivity contribution in [2.75, 3.05) is 5.32 Å². The zero-order chi connectivity index (χ0) is 14.5. The number of carbonyl (C=O) groups is 2. The third-order valence-corrected chi connectivity index (χ3v) is 3.76. The van der Waals surface area contributed by atoms with Crippen LogP contribution in [0, 0.1) is 0 Å². The minimum atomic E-state index is -1.03. The predicted octanol–water partition coefficient (Wildman–Crippen LogP) is 2.91. The van der Waals surface area contributed by atoms with Crippen LogP contribution in [-0.2, 0) is 10.2 Å². The Morgan fingerprint density at radius 1 is 1.30 bits per heavy atom. The number of nitrogens with zero attached hydrogens (tertiary/aromatic N) is 1. The number of rotatable bonds is 1. The molecule has 102 valence electrons. The van der Waals surface area contributed by atoms with Crippen molar-refractivity contribution in [3.63, 3.8) is 0 Å². The largest absolute Gasteiger partial charge is 0.464 e. The van der Waals surface area contributed by atoms with Crippen molar-refractivity contribution in [1.29, 1.82) is 0 Å². The van der Waals surface area contributed by atoms with Gasteiger partial charge in [0.25, 0.3) is 0 Å². The molecule has 0 aliphatic carbocycles. The SMILES string of the molecule is CC1(C)C(=O)Nc2ccc(-c3cccn3C(=O)O)cc21. The van der Waals surface area contributed by atoms with Gasteiger partial charge in [-0.2, -0.15) is 0 Å². The number of benzene rings is 1. The zero-order valence-electron chi connectivity index (χ0n) is 11.2. The summed E-state index contributed by atoms with van der Waals surface area (Å²) >= 11 is 0. The summed E-state index contributed by atoms with van der Waals surface area (Å²) in [6, 6.07) is 8.94. The second-order valence-corrected chi connectivity index (χ2v) is 5.39. The van der Waals surface area contributed by atoms with Crippen molar-refractivity contribution in [2.45, 2.75) is 19.3 Å². The number of nitrogens with one attached hydrogen (secondary N) is 1. The lowest BCUT2D eigenvalue weighted by Crippen LogP contribution is -2.26. The van der Waals surface area contributed by atoms with Gasteiger partial charge in [0, 0.05) is 11.9 Å². The molecule has 1 amide bonds. The summed E-state index contributed by atoms with van der Waals surface area (Å²) in [6.07, 6.45) is 0.471. The van der Waals surface area contributed by atoms with Gasteiger partial charge >= 0.3 is 6.09 Å². The Balaban J connectivity index is 2.15. The smallest absolute Gasteiger partial charge is 0.415 e. The number of hydrogen-bond donors (Lipinski definition) is 2. The summed E-state index contributed by atoms with van der Waals surface area (Å²) in [5.41, 5.74) is 2.44.